The first-order valence-corrected chi connectivity index (χ1v) is 8.38. The topological polar surface area (TPSA) is 78.3 Å². The average Bonchev–Trinajstić information content (AvgIpc) is 3.05. The number of likely N-dealkylation sites (tertiary alicyclic amines) is 1. The van der Waals surface area contributed by atoms with Crippen LogP contribution in [0.15, 0.2) is 23.4 Å². The fourth-order valence-corrected chi connectivity index (χ4v) is 3.00. The van der Waals surface area contributed by atoms with E-state index in [9.17, 15) is 9.59 Å². The number of nitrogens with zero attached hydrogens (tertiary/aromatic N) is 5. The quantitative estimate of drug-likeness (QED) is 0.804. The van der Waals surface area contributed by atoms with Gasteiger partial charge in [-0.05, 0) is 12.1 Å². The molecule has 1 unspecified atom stereocenters. The third kappa shape index (κ3) is 3.72. The van der Waals surface area contributed by atoms with Crippen molar-refractivity contribution in [3.05, 3.63) is 18.3 Å². The van der Waals surface area contributed by atoms with Gasteiger partial charge in [0.2, 0.25) is 5.91 Å². The van der Waals surface area contributed by atoms with E-state index < -0.39 is 0 Å². The van der Waals surface area contributed by atoms with Crippen molar-refractivity contribution in [3.8, 4) is 5.75 Å². The molecule has 2 aliphatic heterocycles. The molecule has 1 fully saturated rings. The molecule has 8 nitrogen and oxygen atoms in total. The second-order valence-corrected chi connectivity index (χ2v) is 6.46. The molecule has 1 aromatic heterocycles. The van der Waals surface area contributed by atoms with Gasteiger partial charge in [-0.1, -0.05) is 0 Å². The van der Waals surface area contributed by atoms with Gasteiger partial charge < -0.3 is 14.5 Å². The lowest BCUT2D eigenvalue weighted by Gasteiger charge is -2.23. The molecule has 0 N–H and O–H groups in total. The third-order valence-electron chi connectivity index (χ3n) is 4.35. The number of hydrogen-bond donors (Lipinski definition) is 0. The van der Waals surface area contributed by atoms with E-state index >= 15 is 0 Å². The predicted octanol–water partition coefficient (Wildman–Crippen LogP) is 0.735. The summed E-state index contributed by atoms with van der Waals surface area (Å²) >= 11 is 0. The minimum absolute atomic E-state index is 0.0630. The van der Waals surface area contributed by atoms with E-state index in [1.54, 1.807) is 18.1 Å². The summed E-state index contributed by atoms with van der Waals surface area (Å²) < 4.78 is 6.07. The maximum atomic E-state index is 12.6. The van der Waals surface area contributed by atoms with Gasteiger partial charge in [0.15, 0.2) is 11.6 Å². The Bertz CT molecular complexity index is 703. The number of anilines is 1. The lowest BCUT2D eigenvalue weighted by molar-refractivity contribution is -0.130. The molecule has 0 aliphatic carbocycles. The second-order valence-electron chi connectivity index (χ2n) is 6.46. The molecule has 134 valence electrons. The standard InChI is InChI=1S/C17H23N5O3/c1-20(2)16-14(5-4-9-18-16)25-12-8-10-22(11-12)17(24)13-6-7-15(23)21(3)19-13/h4-5,9,12H,6-8,10-11H2,1-3H3. The van der Waals surface area contributed by atoms with E-state index in [-0.39, 0.29) is 17.9 Å². The number of rotatable bonds is 4. The molecular formula is C17H23N5O3. The van der Waals surface area contributed by atoms with Gasteiger partial charge in [-0.15, -0.1) is 0 Å². The number of carbonyl (C=O) groups is 2. The van der Waals surface area contributed by atoms with Crippen molar-refractivity contribution in [3.63, 3.8) is 0 Å². The van der Waals surface area contributed by atoms with Gasteiger partial charge in [0, 0.05) is 53.1 Å². The van der Waals surface area contributed by atoms with Crippen molar-refractivity contribution in [1.29, 1.82) is 0 Å². The van der Waals surface area contributed by atoms with E-state index in [2.05, 4.69) is 10.1 Å². The van der Waals surface area contributed by atoms with Gasteiger partial charge in [-0.3, -0.25) is 9.59 Å². The van der Waals surface area contributed by atoms with Crippen LogP contribution in [0.3, 0.4) is 0 Å². The Hall–Kier alpha value is -2.64. The average molecular weight is 345 g/mol. The molecular weight excluding hydrogens is 322 g/mol. The highest BCUT2D eigenvalue weighted by molar-refractivity contribution is 6.39. The van der Waals surface area contributed by atoms with Gasteiger partial charge >= 0.3 is 0 Å². The maximum absolute atomic E-state index is 12.6. The summed E-state index contributed by atoms with van der Waals surface area (Å²) in [5.41, 5.74) is 0.443. The largest absolute Gasteiger partial charge is 0.485 e. The van der Waals surface area contributed by atoms with Crippen molar-refractivity contribution < 1.29 is 14.3 Å². The number of pyridine rings is 1. The highest BCUT2D eigenvalue weighted by Crippen LogP contribution is 2.27. The number of carbonyl (C=O) groups excluding carboxylic acids is 2. The van der Waals surface area contributed by atoms with Crippen LogP contribution in [-0.4, -0.2) is 72.8 Å². The fraction of sp³-hybridized carbons (Fsp3) is 0.529. The highest BCUT2D eigenvalue weighted by Gasteiger charge is 2.32. The van der Waals surface area contributed by atoms with Gasteiger partial charge in [0.1, 0.15) is 11.8 Å². The Morgan fingerprint density at radius 3 is 2.88 bits per heavy atom. The highest BCUT2D eigenvalue weighted by atomic mass is 16.5. The van der Waals surface area contributed by atoms with E-state index in [1.165, 1.54) is 5.01 Å². The Balaban J connectivity index is 1.64. The monoisotopic (exact) mass is 345 g/mol. The van der Waals surface area contributed by atoms with E-state index in [0.29, 0.717) is 37.4 Å². The van der Waals surface area contributed by atoms with Crippen LogP contribution >= 0.6 is 0 Å². The number of aromatic nitrogens is 1. The van der Waals surface area contributed by atoms with Crippen molar-refractivity contribution in [2.24, 2.45) is 5.10 Å². The molecule has 1 atom stereocenters. The molecule has 3 heterocycles. The number of amides is 2. The number of ether oxygens (including phenoxy) is 1. The van der Waals surface area contributed by atoms with Gasteiger partial charge in [0.05, 0.1) is 6.54 Å². The van der Waals surface area contributed by atoms with Crippen LogP contribution in [-0.2, 0) is 9.59 Å². The molecule has 0 saturated carbocycles. The van der Waals surface area contributed by atoms with Gasteiger partial charge in [-0.25, -0.2) is 9.99 Å². The summed E-state index contributed by atoms with van der Waals surface area (Å²) in [6.07, 6.45) is 3.14. The third-order valence-corrected chi connectivity index (χ3v) is 4.35. The zero-order valence-electron chi connectivity index (χ0n) is 14.8. The fourth-order valence-electron chi connectivity index (χ4n) is 3.00. The first-order chi connectivity index (χ1) is 12.0. The predicted molar refractivity (Wildman–Crippen MR) is 93.6 cm³/mol. The summed E-state index contributed by atoms with van der Waals surface area (Å²) in [5, 5.41) is 5.36. The lowest BCUT2D eigenvalue weighted by atomic mass is 10.1. The van der Waals surface area contributed by atoms with Crippen LogP contribution in [0.4, 0.5) is 5.82 Å². The van der Waals surface area contributed by atoms with Crippen LogP contribution in [0.2, 0.25) is 0 Å². The second kappa shape index (κ2) is 7.08. The van der Waals surface area contributed by atoms with Crippen LogP contribution in [0.5, 0.6) is 5.75 Å². The van der Waals surface area contributed by atoms with E-state index in [0.717, 1.165) is 12.2 Å². The molecule has 1 aromatic rings. The molecule has 2 amide bonds. The van der Waals surface area contributed by atoms with E-state index in [4.69, 9.17) is 4.74 Å². The Morgan fingerprint density at radius 1 is 1.36 bits per heavy atom. The van der Waals surface area contributed by atoms with Crippen LogP contribution in [0.25, 0.3) is 0 Å². The van der Waals surface area contributed by atoms with Crippen molar-refractivity contribution >= 4 is 23.3 Å². The Kier molecular flexibility index (Phi) is 4.87. The Labute approximate surface area is 147 Å². The Morgan fingerprint density at radius 2 is 2.16 bits per heavy atom. The summed E-state index contributed by atoms with van der Waals surface area (Å²) in [4.78, 5) is 32.1. The van der Waals surface area contributed by atoms with Crippen molar-refractivity contribution in [1.82, 2.24) is 14.9 Å². The molecule has 0 aromatic carbocycles. The van der Waals surface area contributed by atoms with Crippen LogP contribution < -0.4 is 9.64 Å². The minimum atomic E-state index is -0.107. The van der Waals surface area contributed by atoms with Crippen LogP contribution in [0, 0.1) is 0 Å². The first-order valence-electron chi connectivity index (χ1n) is 8.38. The number of hydrazone groups is 1. The molecule has 0 bridgehead atoms. The molecule has 3 rings (SSSR count). The first kappa shape index (κ1) is 17.2. The molecule has 0 spiro atoms. The molecule has 8 heteroatoms. The zero-order valence-corrected chi connectivity index (χ0v) is 14.8. The SMILES string of the molecule is CN1N=C(C(=O)N2CCC(Oc3cccnc3N(C)C)C2)CCC1=O. The summed E-state index contributed by atoms with van der Waals surface area (Å²) in [6.45, 7) is 1.13. The molecule has 0 radical (unpaired) electrons. The van der Waals surface area contributed by atoms with Crippen molar-refractivity contribution in [2.45, 2.75) is 25.4 Å². The van der Waals surface area contributed by atoms with E-state index in [1.807, 2.05) is 31.1 Å². The van der Waals surface area contributed by atoms with Crippen molar-refractivity contribution in [2.75, 3.05) is 39.1 Å². The molecule has 25 heavy (non-hydrogen) atoms. The smallest absolute Gasteiger partial charge is 0.270 e. The zero-order chi connectivity index (χ0) is 18.0. The molecule has 1 saturated heterocycles. The van der Waals surface area contributed by atoms with Crippen LogP contribution in [0.1, 0.15) is 19.3 Å². The normalized spacial score (nSPS) is 20.5. The van der Waals surface area contributed by atoms with Gasteiger partial charge in [0.25, 0.3) is 5.91 Å². The molecule has 2 aliphatic rings. The minimum Gasteiger partial charge on any atom is -0.485 e. The lowest BCUT2D eigenvalue weighted by Crippen LogP contribution is -2.40. The summed E-state index contributed by atoms with van der Waals surface area (Å²) in [7, 11) is 5.41. The maximum Gasteiger partial charge on any atom is 0.270 e. The van der Waals surface area contributed by atoms with Gasteiger partial charge in [-0.2, -0.15) is 5.10 Å². The summed E-state index contributed by atoms with van der Waals surface area (Å²) in [6, 6.07) is 3.72. The number of hydrogen-bond acceptors (Lipinski definition) is 6. The summed E-state index contributed by atoms with van der Waals surface area (Å²) in [5.74, 6) is 1.31.